The highest BCUT2D eigenvalue weighted by atomic mass is 35.5. The molecule has 0 aliphatic rings. The molecule has 140 valence electrons. The number of anilines is 1. The van der Waals surface area contributed by atoms with Crippen LogP contribution in [0, 0.1) is 0 Å². The molecule has 0 aromatic heterocycles. The maximum atomic E-state index is 12.7. The molecule has 0 atom stereocenters. The third-order valence-corrected chi connectivity index (χ3v) is 3.61. The Kier molecular flexibility index (Phi) is 5.70. The molecule has 0 heterocycles. The zero-order valence-electron chi connectivity index (χ0n) is 12.8. The third kappa shape index (κ3) is 5.29. The van der Waals surface area contributed by atoms with Gasteiger partial charge in [-0.25, -0.2) is 4.79 Å². The molecule has 0 unspecified atom stereocenters. The van der Waals surface area contributed by atoms with Crippen LogP contribution in [0.3, 0.4) is 0 Å². The van der Waals surface area contributed by atoms with Crippen molar-refractivity contribution in [2.45, 2.75) is 18.9 Å². The number of hydrogen-bond acceptors (Lipinski definition) is 1. The number of rotatable bonds is 3. The van der Waals surface area contributed by atoms with E-state index in [1.165, 1.54) is 12.1 Å². The number of hydrogen-bond donors (Lipinski definition) is 2. The van der Waals surface area contributed by atoms with Gasteiger partial charge in [0.25, 0.3) is 0 Å². The molecular weight excluding hydrogens is 386 g/mol. The number of nitrogens with one attached hydrogen (secondary N) is 2. The van der Waals surface area contributed by atoms with E-state index in [4.69, 9.17) is 11.6 Å². The van der Waals surface area contributed by atoms with Crippen molar-refractivity contribution in [3.05, 3.63) is 64.2 Å². The Labute approximate surface area is 149 Å². The van der Waals surface area contributed by atoms with E-state index in [1.807, 2.05) is 0 Å². The first kappa shape index (κ1) is 19.9. The quantitative estimate of drug-likeness (QED) is 0.642. The fourth-order valence-electron chi connectivity index (χ4n) is 1.96. The van der Waals surface area contributed by atoms with E-state index >= 15 is 0 Å². The number of benzene rings is 2. The molecule has 0 radical (unpaired) electrons. The highest BCUT2D eigenvalue weighted by Crippen LogP contribution is 2.33. The predicted molar refractivity (Wildman–Crippen MR) is 83.8 cm³/mol. The van der Waals surface area contributed by atoms with Crippen molar-refractivity contribution < 1.29 is 31.1 Å². The largest absolute Gasteiger partial charge is 0.416 e. The van der Waals surface area contributed by atoms with E-state index in [0.29, 0.717) is 11.6 Å². The predicted octanol–water partition coefficient (Wildman–Crippen LogP) is 5.70. The van der Waals surface area contributed by atoms with Crippen LogP contribution in [0.25, 0.3) is 0 Å². The summed E-state index contributed by atoms with van der Waals surface area (Å²) in [6.07, 6.45) is -9.07. The fourth-order valence-corrected chi connectivity index (χ4v) is 2.12. The van der Waals surface area contributed by atoms with Gasteiger partial charge in [-0.15, -0.1) is 0 Å². The first-order valence-electron chi connectivity index (χ1n) is 7.04. The van der Waals surface area contributed by atoms with E-state index in [-0.39, 0.29) is 17.3 Å². The number of urea groups is 1. The lowest BCUT2D eigenvalue weighted by atomic mass is 10.1. The maximum absolute atomic E-state index is 12.7. The molecule has 3 nitrogen and oxygen atoms in total. The number of amides is 2. The van der Waals surface area contributed by atoms with Gasteiger partial charge in [-0.2, -0.15) is 26.3 Å². The van der Waals surface area contributed by atoms with E-state index in [0.717, 1.165) is 24.3 Å². The average molecular weight is 397 g/mol. The standard InChI is InChI=1S/C16H11ClF6N2O/c17-12-6-5-11(16(21,22)23)7-13(12)25-14(26)24-8-9-1-3-10(4-2-9)15(18,19)20/h1-7H,8H2,(H2,24,25,26). The van der Waals surface area contributed by atoms with Gasteiger partial charge in [0.2, 0.25) is 0 Å². The average Bonchev–Trinajstić information content (AvgIpc) is 2.53. The van der Waals surface area contributed by atoms with E-state index < -0.39 is 29.5 Å². The zero-order chi connectivity index (χ0) is 19.5. The third-order valence-electron chi connectivity index (χ3n) is 3.28. The van der Waals surface area contributed by atoms with Crippen molar-refractivity contribution >= 4 is 23.3 Å². The second-order valence-corrected chi connectivity index (χ2v) is 5.60. The van der Waals surface area contributed by atoms with Crippen LogP contribution in [0.2, 0.25) is 5.02 Å². The molecule has 0 spiro atoms. The molecule has 26 heavy (non-hydrogen) atoms. The van der Waals surface area contributed by atoms with Crippen LogP contribution in [0.5, 0.6) is 0 Å². The van der Waals surface area contributed by atoms with Crippen LogP contribution in [0.1, 0.15) is 16.7 Å². The SMILES string of the molecule is O=C(NCc1ccc(C(F)(F)F)cc1)Nc1cc(C(F)(F)F)ccc1Cl. The maximum Gasteiger partial charge on any atom is 0.416 e. The first-order chi connectivity index (χ1) is 12.0. The molecule has 0 aliphatic heterocycles. The van der Waals surface area contributed by atoms with Gasteiger partial charge in [-0.1, -0.05) is 23.7 Å². The molecule has 0 saturated heterocycles. The van der Waals surface area contributed by atoms with Crippen LogP contribution in [0.15, 0.2) is 42.5 Å². The van der Waals surface area contributed by atoms with E-state index in [9.17, 15) is 31.1 Å². The van der Waals surface area contributed by atoms with Crippen molar-refractivity contribution in [2.24, 2.45) is 0 Å². The van der Waals surface area contributed by atoms with Crippen molar-refractivity contribution in [1.29, 1.82) is 0 Å². The summed E-state index contributed by atoms with van der Waals surface area (Å²) in [5, 5.41) is 4.39. The van der Waals surface area contributed by atoms with E-state index in [1.54, 1.807) is 0 Å². The summed E-state index contributed by atoms with van der Waals surface area (Å²) >= 11 is 5.75. The summed E-state index contributed by atoms with van der Waals surface area (Å²) in [4.78, 5) is 11.8. The normalized spacial score (nSPS) is 12.0. The smallest absolute Gasteiger partial charge is 0.334 e. The minimum absolute atomic E-state index is 0.0947. The van der Waals surface area contributed by atoms with Crippen LogP contribution in [0.4, 0.5) is 36.8 Å². The lowest BCUT2D eigenvalue weighted by molar-refractivity contribution is -0.138. The highest BCUT2D eigenvalue weighted by molar-refractivity contribution is 6.33. The second kappa shape index (κ2) is 7.45. The summed E-state index contributed by atoms with van der Waals surface area (Å²) in [5.74, 6) is 0. The van der Waals surface area contributed by atoms with Crippen LogP contribution in [-0.4, -0.2) is 6.03 Å². The molecule has 2 aromatic rings. The molecule has 0 saturated carbocycles. The fraction of sp³-hybridized carbons (Fsp3) is 0.188. The van der Waals surface area contributed by atoms with E-state index in [2.05, 4.69) is 10.6 Å². The highest BCUT2D eigenvalue weighted by Gasteiger charge is 2.31. The van der Waals surface area contributed by atoms with Gasteiger partial charge in [-0.3, -0.25) is 0 Å². The molecule has 0 aliphatic carbocycles. The molecule has 2 amide bonds. The Morgan fingerprint density at radius 2 is 1.42 bits per heavy atom. The second-order valence-electron chi connectivity index (χ2n) is 5.19. The number of carbonyl (C=O) groups excluding carboxylic acids is 1. The summed E-state index contributed by atoms with van der Waals surface area (Å²) in [5.41, 5.74) is -1.68. The van der Waals surface area contributed by atoms with Gasteiger partial charge in [0.15, 0.2) is 0 Å². The van der Waals surface area contributed by atoms with Gasteiger partial charge in [-0.05, 0) is 35.9 Å². The van der Waals surface area contributed by atoms with Crippen molar-refractivity contribution in [2.75, 3.05) is 5.32 Å². The molecule has 2 aromatic carbocycles. The van der Waals surface area contributed by atoms with Gasteiger partial charge in [0.05, 0.1) is 21.8 Å². The number of alkyl halides is 6. The van der Waals surface area contributed by atoms with Gasteiger partial charge in [0, 0.05) is 6.54 Å². The number of halogens is 7. The molecular formula is C16H11ClF6N2O. The van der Waals surface area contributed by atoms with Gasteiger partial charge < -0.3 is 10.6 Å². The van der Waals surface area contributed by atoms with Gasteiger partial charge in [0.1, 0.15) is 0 Å². The zero-order valence-corrected chi connectivity index (χ0v) is 13.6. The molecule has 0 fully saturated rings. The minimum Gasteiger partial charge on any atom is -0.334 e. The minimum atomic E-state index is -4.60. The lowest BCUT2D eigenvalue weighted by Crippen LogP contribution is -2.28. The van der Waals surface area contributed by atoms with Crippen molar-refractivity contribution in [1.82, 2.24) is 5.32 Å². The summed E-state index contributed by atoms with van der Waals surface area (Å²) in [6, 6.07) is 5.67. The summed E-state index contributed by atoms with van der Waals surface area (Å²) in [6.45, 7) is -0.124. The van der Waals surface area contributed by atoms with Gasteiger partial charge >= 0.3 is 18.4 Å². The Balaban J connectivity index is 1.99. The molecule has 10 heteroatoms. The Morgan fingerprint density at radius 3 is 1.96 bits per heavy atom. The molecule has 2 N–H and O–H groups in total. The molecule has 0 bridgehead atoms. The van der Waals surface area contributed by atoms with Crippen molar-refractivity contribution in [3.63, 3.8) is 0 Å². The lowest BCUT2D eigenvalue weighted by Gasteiger charge is -2.12. The Hall–Kier alpha value is -2.42. The monoisotopic (exact) mass is 396 g/mol. The topological polar surface area (TPSA) is 41.1 Å². The summed E-state index contributed by atoms with van der Waals surface area (Å²) < 4.78 is 75.4. The van der Waals surface area contributed by atoms with Crippen LogP contribution >= 0.6 is 11.6 Å². The van der Waals surface area contributed by atoms with Crippen LogP contribution in [-0.2, 0) is 18.9 Å². The first-order valence-corrected chi connectivity index (χ1v) is 7.42. The Bertz CT molecular complexity index is 787. The molecule has 2 rings (SSSR count). The number of carbonyl (C=O) groups is 1. The summed E-state index contributed by atoms with van der Waals surface area (Å²) in [7, 11) is 0. The Morgan fingerprint density at radius 1 is 0.885 bits per heavy atom. The van der Waals surface area contributed by atoms with Crippen LogP contribution < -0.4 is 10.6 Å². The van der Waals surface area contributed by atoms with Crippen molar-refractivity contribution in [3.8, 4) is 0 Å².